The summed E-state index contributed by atoms with van der Waals surface area (Å²) in [6.07, 6.45) is 0. The van der Waals surface area contributed by atoms with E-state index in [1.807, 2.05) is 60.7 Å². The Kier molecular flexibility index (Phi) is 5.03. The van der Waals surface area contributed by atoms with Gasteiger partial charge in [0.15, 0.2) is 0 Å². The summed E-state index contributed by atoms with van der Waals surface area (Å²) in [6.45, 7) is 0.523. The number of hydrogen-bond donors (Lipinski definition) is 0. The van der Waals surface area contributed by atoms with Gasteiger partial charge >= 0.3 is 8.25 Å². The first-order valence-electron chi connectivity index (χ1n) is 8.46. The number of benzene rings is 4. The van der Waals surface area contributed by atoms with Gasteiger partial charge in [-0.1, -0.05) is 72.8 Å². The molecule has 0 saturated heterocycles. The molecule has 0 bridgehead atoms. The first kappa shape index (κ1) is 16.9. The molecule has 0 aliphatic rings. The average molecular weight is 361 g/mol. The summed E-state index contributed by atoms with van der Waals surface area (Å²) in [6, 6.07) is 28.4. The molecule has 4 rings (SSSR count). The quantitative estimate of drug-likeness (QED) is 0.374. The maximum atomic E-state index is 12.0. The lowest BCUT2D eigenvalue weighted by Crippen LogP contribution is -1.90. The van der Waals surface area contributed by atoms with Crippen LogP contribution in [0.25, 0.3) is 21.5 Å². The second-order valence-electron chi connectivity index (χ2n) is 6.13. The van der Waals surface area contributed by atoms with Crippen LogP contribution < -0.4 is 0 Å². The van der Waals surface area contributed by atoms with Crippen molar-refractivity contribution >= 4 is 29.8 Å². The van der Waals surface area contributed by atoms with Crippen LogP contribution in [-0.4, -0.2) is 0 Å². The standard InChI is InChI=1S/C22H18O3P/c23-26(24-15-17-9-11-19-5-1-3-7-21(19)13-17)25-16-18-10-12-20-6-2-4-8-22(20)14-18/h1-14H,15-16H2/q+1. The van der Waals surface area contributed by atoms with Crippen LogP contribution in [0.15, 0.2) is 84.9 Å². The van der Waals surface area contributed by atoms with E-state index in [1.54, 1.807) is 0 Å². The largest absolute Gasteiger partial charge is 0.698 e. The van der Waals surface area contributed by atoms with Crippen molar-refractivity contribution in [1.29, 1.82) is 0 Å². The Morgan fingerprint density at radius 3 is 1.46 bits per heavy atom. The molecule has 4 aromatic rings. The smallest absolute Gasteiger partial charge is 0.114 e. The van der Waals surface area contributed by atoms with Crippen molar-refractivity contribution in [3.05, 3.63) is 96.1 Å². The third-order valence-electron chi connectivity index (χ3n) is 4.30. The van der Waals surface area contributed by atoms with E-state index in [0.29, 0.717) is 0 Å². The second kappa shape index (κ2) is 7.76. The third-order valence-corrected chi connectivity index (χ3v) is 4.98. The summed E-state index contributed by atoms with van der Waals surface area (Å²) in [5.41, 5.74) is 1.95. The molecule has 0 amide bonds. The average Bonchev–Trinajstić information content (AvgIpc) is 2.70. The molecule has 0 unspecified atom stereocenters. The van der Waals surface area contributed by atoms with Gasteiger partial charge in [-0.05, 0) is 44.8 Å². The van der Waals surface area contributed by atoms with Crippen LogP contribution in [-0.2, 0) is 26.8 Å². The van der Waals surface area contributed by atoms with E-state index in [-0.39, 0.29) is 13.2 Å². The Balaban J connectivity index is 1.34. The zero-order valence-corrected chi connectivity index (χ0v) is 15.1. The van der Waals surface area contributed by atoms with E-state index >= 15 is 0 Å². The number of fused-ring (bicyclic) bond motifs is 2. The van der Waals surface area contributed by atoms with Gasteiger partial charge in [0.25, 0.3) is 0 Å². The minimum Gasteiger partial charge on any atom is -0.114 e. The lowest BCUT2D eigenvalue weighted by Gasteiger charge is -2.01. The van der Waals surface area contributed by atoms with Gasteiger partial charge in [0.1, 0.15) is 13.2 Å². The van der Waals surface area contributed by atoms with Crippen molar-refractivity contribution in [2.75, 3.05) is 0 Å². The number of rotatable bonds is 6. The second-order valence-corrected chi connectivity index (χ2v) is 7.10. The van der Waals surface area contributed by atoms with Crippen molar-refractivity contribution in [2.24, 2.45) is 0 Å². The third kappa shape index (κ3) is 3.97. The maximum Gasteiger partial charge on any atom is 0.698 e. The predicted molar refractivity (Wildman–Crippen MR) is 105 cm³/mol. The molecule has 4 aromatic carbocycles. The predicted octanol–water partition coefficient (Wildman–Crippen LogP) is 6.38. The van der Waals surface area contributed by atoms with Crippen molar-refractivity contribution in [1.82, 2.24) is 0 Å². The van der Waals surface area contributed by atoms with E-state index in [0.717, 1.165) is 21.9 Å². The molecule has 128 valence electrons. The minimum absolute atomic E-state index is 0.262. The van der Waals surface area contributed by atoms with Gasteiger partial charge in [-0.3, -0.25) is 0 Å². The lowest BCUT2D eigenvalue weighted by atomic mass is 10.1. The van der Waals surface area contributed by atoms with Crippen LogP contribution in [0.5, 0.6) is 0 Å². The van der Waals surface area contributed by atoms with E-state index in [9.17, 15) is 4.57 Å². The van der Waals surface area contributed by atoms with Gasteiger partial charge in [-0.2, -0.15) is 0 Å². The molecule has 0 fully saturated rings. The van der Waals surface area contributed by atoms with E-state index in [2.05, 4.69) is 24.3 Å². The highest BCUT2D eigenvalue weighted by Crippen LogP contribution is 2.28. The lowest BCUT2D eigenvalue weighted by molar-refractivity contribution is 0.213. The first-order valence-corrected chi connectivity index (χ1v) is 9.56. The Bertz CT molecular complexity index is 990. The Hall–Kier alpha value is -2.58. The van der Waals surface area contributed by atoms with Crippen LogP contribution in [0, 0.1) is 0 Å². The van der Waals surface area contributed by atoms with Gasteiger partial charge in [0, 0.05) is 4.57 Å². The Morgan fingerprint density at radius 2 is 1.00 bits per heavy atom. The Labute approximate surface area is 153 Å². The molecule has 0 atom stereocenters. The van der Waals surface area contributed by atoms with Gasteiger partial charge in [0.2, 0.25) is 0 Å². The normalized spacial score (nSPS) is 11.1. The van der Waals surface area contributed by atoms with Gasteiger partial charge in [-0.15, -0.1) is 9.05 Å². The van der Waals surface area contributed by atoms with Crippen LogP contribution in [0.1, 0.15) is 11.1 Å². The highest BCUT2D eigenvalue weighted by atomic mass is 31.1. The monoisotopic (exact) mass is 361 g/mol. The van der Waals surface area contributed by atoms with E-state index in [4.69, 9.17) is 9.05 Å². The van der Waals surface area contributed by atoms with Crippen LogP contribution in [0.2, 0.25) is 0 Å². The van der Waals surface area contributed by atoms with E-state index in [1.165, 1.54) is 10.8 Å². The van der Waals surface area contributed by atoms with E-state index < -0.39 is 8.25 Å². The van der Waals surface area contributed by atoms with Crippen molar-refractivity contribution < 1.29 is 13.6 Å². The first-order chi connectivity index (χ1) is 12.8. The summed E-state index contributed by atoms with van der Waals surface area (Å²) < 4.78 is 22.8. The molecule has 3 nitrogen and oxygen atoms in total. The fourth-order valence-electron chi connectivity index (χ4n) is 2.95. The van der Waals surface area contributed by atoms with Gasteiger partial charge < -0.3 is 0 Å². The van der Waals surface area contributed by atoms with Gasteiger partial charge in [0.05, 0.1) is 0 Å². The number of hydrogen-bond acceptors (Lipinski definition) is 3. The van der Waals surface area contributed by atoms with Crippen LogP contribution in [0.4, 0.5) is 0 Å². The molecule has 0 heterocycles. The summed E-state index contributed by atoms with van der Waals surface area (Å²) in [5.74, 6) is 0. The highest BCUT2D eigenvalue weighted by Gasteiger charge is 2.20. The summed E-state index contributed by atoms with van der Waals surface area (Å²) >= 11 is 0. The van der Waals surface area contributed by atoms with Crippen molar-refractivity contribution in [2.45, 2.75) is 13.2 Å². The molecule has 0 saturated carbocycles. The van der Waals surface area contributed by atoms with Crippen molar-refractivity contribution in [3.63, 3.8) is 0 Å². The molecule has 0 radical (unpaired) electrons. The zero-order chi connectivity index (χ0) is 17.8. The molecule has 0 aromatic heterocycles. The summed E-state index contributed by atoms with van der Waals surface area (Å²) in [4.78, 5) is 0. The molecular weight excluding hydrogens is 343 g/mol. The minimum atomic E-state index is -2.16. The van der Waals surface area contributed by atoms with Crippen molar-refractivity contribution in [3.8, 4) is 0 Å². The van der Waals surface area contributed by atoms with Crippen LogP contribution in [0.3, 0.4) is 0 Å². The maximum absolute atomic E-state index is 12.0. The summed E-state index contributed by atoms with van der Waals surface area (Å²) in [7, 11) is -2.16. The van der Waals surface area contributed by atoms with Gasteiger partial charge in [-0.25, -0.2) is 0 Å². The summed E-state index contributed by atoms with van der Waals surface area (Å²) in [5, 5.41) is 4.63. The molecule has 0 spiro atoms. The van der Waals surface area contributed by atoms with Crippen LogP contribution >= 0.6 is 8.25 Å². The molecule has 0 aliphatic heterocycles. The SMILES string of the molecule is O=[P+](OCc1ccc2ccccc2c1)OCc1ccc2ccccc2c1. The molecule has 0 N–H and O–H groups in total. The topological polar surface area (TPSA) is 35.5 Å². The molecule has 4 heteroatoms. The zero-order valence-electron chi connectivity index (χ0n) is 14.2. The fraction of sp³-hybridized carbons (Fsp3) is 0.0909. The molecular formula is C22H18O3P+. The molecule has 26 heavy (non-hydrogen) atoms. The highest BCUT2D eigenvalue weighted by molar-refractivity contribution is 7.33. The fourth-order valence-corrected chi connectivity index (χ4v) is 3.53. The Morgan fingerprint density at radius 1 is 0.577 bits per heavy atom. The molecule has 0 aliphatic carbocycles.